The van der Waals surface area contributed by atoms with Crippen LogP contribution in [-0.2, 0) is 6.42 Å². The van der Waals surface area contributed by atoms with Crippen molar-refractivity contribution in [2.24, 2.45) is 0 Å². The van der Waals surface area contributed by atoms with Gasteiger partial charge in [0.25, 0.3) is 0 Å². The number of hydrogen-bond donors (Lipinski definition) is 1. The lowest BCUT2D eigenvalue weighted by atomic mass is 10.0. The molecule has 0 aliphatic heterocycles. The van der Waals surface area contributed by atoms with Crippen LogP contribution >= 0.6 is 0 Å². The fourth-order valence-corrected chi connectivity index (χ4v) is 2.71. The van der Waals surface area contributed by atoms with Crippen molar-refractivity contribution in [2.75, 3.05) is 27.9 Å². The summed E-state index contributed by atoms with van der Waals surface area (Å²) in [7, 11) is 4.98. The summed E-state index contributed by atoms with van der Waals surface area (Å²) in [5, 5.41) is 3.49. The van der Waals surface area contributed by atoms with E-state index in [-0.39, 0.29) is 0 Å². The highest BCUT2D eigenvalue weighted by molar-refractivity contribution is 5.61. The molecule has 1 unspecified atom stereocenters. The first-order valence-corrected chi connectivity index (χ1v) is 6.31. The van der Waals surface area contributed by atoms with E-state index < -0.39 is 0 Å². The summed E-state index contributed by atoms with van der Waals surface area (Å²) in [5.41, 5.74) is 2.51. The molecule has 1 aromatic carbocycles. The third-order valence-electron chi connectivity index (χ3n) is 3.46. The van der Waals surface area contributed by atoms with Crippen molar-refractivity contribution < 1.29 is 14.2 Å². The predicted octanol–water partition coefficient (Wildman–Crippen LogP) is 2.31. The van der Waals surface area contributed by atoms with E-state index in [1.54, 1.807) is 21.3 Å². The van der Waals surface area contributed by atoms with Crippen LogP contribution in [0, 0.1) is 0 Å². The van der Waals surface area contributed by atoms with E-state index in [2.05, 4.69) is 18.3 Å². The van der Waals surface area contributed by atoms with Gasteiger partial charge in [0.15, 0.2) is 11.5 Å². The van der Waals surface area contributed by atoms with E-state index in [1.807, 2.05) is 0 Å². The fourth-order valence-electron chi connectivity index (χ4n) is 2.71. The molecule has 1 N–H and O–H groups in total. The average molecular weight is 251 g/mol. The van der Waals surface area contributed by atoms with Gasteiger partial charge in [0.1, 0.15) is 0 Å². The summed E-state index contributed by atoms with van der Waals surface area (Å²) in [4.78, 5) is 0. The highest BCUT2D eigenvalue weighted by atomic mass is 16.5. The molecule has 4 nitrogen and oxygen atoms in total. The summed E-state index contributed by atoms with van der Waals surface area (Å²) < 4.78 is 16.4. The average Bonchev–Trinajstić information content (AvgIpc) is 2.79. The van der Waals surface area contributed by atoms with Crippen LogP contribution in [0.4, 0.5) is 0 Å². The van der Waals surface area contributed by atoms with Gasteiger partial charge in [-0.05, 0) is 31.0 Å². The molecule has 2 rings (SSSR count). The molecule has 1 aromatic rings. The van der Waals surface area contributed by atoms with Crippen molar-refractivity contribution in [1.29, 1.82) is 0 Å². The summed E-state index contributed by atoms with van der Waals surface area (Å²) in [6.45, 7) is 3.06. The van der Waals surface area contributed by atoms with Crippen molar-refractivity contribution >= 4 is 0 Å². The number of hydrogen-bond acceptors (Lipinski definition) is 4. The highest BCUT2D eigenvalue weighted by Gasteiger charge is 2.30. The Kier molecular flexibility index (Phi) is 3.97. The first-order valence-electron chi connectivity index (χ1n) is 6.31. The van der Waals surface area contributed by atoms with E-state index in [1.165, 1.54) is 11.1 Å². The van der Waals surface area contributed by atoms with Crippen LogP contribution in [0.3, 0.4) is 0 Å². The topological polar surface area (TPSA) is 39.7 Å². The van der Waals surface area contributed by atoms with Gasteiger partial charge in [-0.15, -0.1) is 0 Å². The van der Waals surface area contributed by atoms with Crippen LogP contribution in [0.15, 0.2) is 6.07 Å². The third kappa shape index (κ3) is 2.01. The number of nitrogens with one attached hydrogen (secondary N) is 1. The van der Waals surface area contributed by atoms with Crippen molar-refractivity contribution in [3.05, 3.63) is 17.2 Å². The molecule has 0 saturated carbocycles. The van der Waals surface area contributed by atoms with E-state index in [0.717, 1.165) is 30.9 Å². The highest BCUT2D eigenvalue weighted by Crippen LogP contribution is 2.48. The number of rotatable bonds is 5. The normalized spacial score (nSPS) is 17.4. The molecule has 0 saturated heterocycles. The van der Waals surface area contributed by atoms with Crippen LogP contribution in [-0.4, -0.2) is 27.9 Å². The Morgan fingerprint density at radius 1 is 1.17 bits per heavy atom. The van der Waals surface area contributed by atoms with Gasteiger partial charge in [-0.1, -0.05) is 6.92 Å². The van der Waals surface area contributed by atoms with E-state index >= 15 is 0 Å². The quantitative estimate of drug-likeness (QED) is 0.871. The molecule has 0 heterocycles. The molecule has 1 atom stereocenters. The Balaban J connectivity index is 2.54. The van der Waals surface area contributed by atoms with Gasteiger partial charge in [0, 0.05) is 11.6 Å². The Morgan fingerprint density at radius 3 is 2.44 bits per heavy atom. The zero-order valence-electron chi connectivity index (χ0n) is 11.5. The molecule has 1 aliphatic carbocycles. The Hall–Kier alpha value is -1.42. The molecule has 18 heavy (non-hydrogen) atoms. The first-order chi connectivity index (χ1) is 8.76. The summed E-state index contributed by atoms with van der Waals surface area (Å²) >= 11 is 0. The van der Waals surface area contributed by atoms with Gasteiger partial charge in [-0.2, -0.15) is 0 Å². The molecule has 4 heteroatoms. The Bertz CT molecular complexity index is 432. The molecule has 0 spiro atoms. The second kappa shape index (κ2) is 5.48. The van der Waals surface area contributed by atoms with Gasteiger partial charge < -0.3 is 19.5 Å². The van der Waals surface area contributed by atoms with Crippen molar-refractivity contribution in [2.45, 2.75) is 25.8 Å². The number of fused-ring (bicyclic) bond motifs is 1. The van der Waals surface area contributed by atoms with Gasteiger partial charge in [-0.25, -0.2) is 0 Å². The minimum Gasteiger partial charge on any atom is -0.493 e. The number of benzene rings is 1. The van der Waals surface area contributed by atoms with Crippen LogP contribution in [0.2, 0.25) is 0 Å². The summed E-state index contributed by atoms with van der Waals surface area (Å²) in [5.74, 6) is 2.23. The SMILES string of the molecule is CCNC1CCc2cc(OC)c(OC)c(OC)c21. The zero-order valence-corrected chi connectivity index (χ0v) is 11.5. The maximum Gasteiger partial charge on any atom is 0.203 e. The van der Waals surface area contributed by atoms with E-state index in [9.17, 15) is 0 Å². The molecule has 0 fully saturated rings. The van der Waals surface area contributed by atoms with E-state index in [4.69, 9.17) is 14.2 Å². The number of aryl methyl sites for hydroxylation is 1. The fraction of sp³-hybridized carbons (Fsp3) is 0.571. The van der Waals surface area contributed by atoms with Crippen molar-refractivity contribution in [3.8, 4) is 17.2 Å². The van der Waals surface area contributed by atoms with Crippen molar-refractivity contribution in [1.82, 2.24) is 5.32 Å². The van der Waals surface area contributed by atoms with E-state index in [0.29, 0.717) is 11.8 Å². The van der Waals surface area contributed by atoms with Crippen LogP contribution in [0.5, 0.6) is 17.2 Å². The molecule has 0 aromatic heterocycles. The minimum absolute atomic E-state index is 0.347. The Labute approximate surface area is 108 Å². The molecular weight excluding hydrogens is 230 g/mol. The first kappa shape index (κ1) is 13.0. The van der Waals surface area contributed by atoms with Crippen LogP contribution in [0.1, 0.15) is 30.5 Å². The second-order valence-corrected chi connectivity index (χ2v) is 4.37. The standard InChI is InChI=1S/C14H21NO3/c1-5-15-10-7-6-9-8-11(16-2)13(17-3)14(18-4)12(9)10/h8,10,15H,5-7H2,1-4H3. The maximum absolute atomic E-state index is 5.55. The van der Waals surface area contributed by atoms with Crippen LogP contribution in [0.25, 0.3) is 0 Å². The maximum atomic E-state index is 5.55. The minimum atomic E-state index is 0.347. The summed E-state index contributed by atoms with van der Waals surface area (Å²) in [6, 6.07) is 2.41. The predicted molar refractivity (Wildman–Crippen MR) is 70.8 cm³/mol. The van der Waals surface area contributed by atoms with Gasteiger partial charge in [0.2, 0.25) is 5.75 Å². The molecule has 1 aliphatic rings. The number of ether oxygens (including phenoxy) is 3. The van der Waals surface area contributed by atoms with Crippen LogP contribution < -0.4 is 19.5 Å². The lowest BCUT2D eigenvalue weighted by Gasteiger charge is -2.19. The van der Waals surface area contributed by atoms with Gasteiger partial charge in [-0.3, -0.25) is 0 Å². The molecule has 0 amide bonds. The lowest BCUT2D eigenvalue weighted by Crippen LogP contribution is -2.19. The zero-order chi connectivity index (χ0) is 13.1. The lowest BCUT2D eigenvalue weighted by molar-refractivity contribution is 0.320. The molecular formula is C14H21NO3. The Morgan fingerprint density at radius 2 is 1.89 bits per heavy atom. The summed E-state index contributed by atoms with van der Waals surface area (Å²) in [6.07, 6.45) is 2.14. The van der Waals surface area contributed by atoms with Gasteiger partial charge >= 0.3 is 0 Å². The third-order valence-corrected chi connectivity index (χ3v) is 3.46. The molecule has 0 bridgehead atoms. The van der Waals surface area contributed by atoms with Gasteiger partial charge in [0.05, 0.1) is 21.3 Å². The molecule has 0 radical (unpaired) electrons. The van der Waals surface area contributed by atoms with Crippen molar-refractivity contribution in [3.63, 3.8) is 0 Å². The molecule has 100 valence electrons. The number of methoxy groups -OCH3 is 3. The monoisotopic (exact) mass is 251 g/mol. The smallest absolute Gasteiger partial charge is 0.203 e. The second-order valence-electron chi connectivity index (χ2n) is 4.37. The largest absolute Gasteiger partial charge is 0.493 e.